The highest BCUT2D eigenvalue weighted by Crippen LogP contribution is 2.23. The Kier molecular flexibility index (Phi) is 4.24. The van der Waals surface area contributed by atoms with E-state index in [9.17, 15) is 9.59 Å². The van der Waals surface area contributed by atoms with Gasteiger partial charge >= 0.3 is 12.0 Å². The van der Waals surface area contributed by atoms with Crippen LogP contribution in [0.4, 0.5) is 16.4 Å². The van der Waals surface area contributed by atoms with Gasteiger partial charge in [-0.15, -0.1) is 5.10 Å². The summed E-state index contributed by atoms with van der Waals surface area (Å²) in [4.78, 5) is 26.4. The molecular weight excluding hydrogens is 278 g/mol. The molecule has 1 heterocycles. The third kappa shape index (κ3) is 3.62. The summed E-state index contributed by atoms with van der Waals surface area (Å²) in [7, 11) is 1.34. The lowest BCUT2D eigenvalue weighted by atomic mass is 10.2. The van der Waals surface area contributed by atoms with Crippen molar-refractivity contribution in [3.05, 3.63) is 36.2 Å². The molecule has 0 saturated heterocycles. The Balaban J connectivity index is 2.09. The van der Waals surface area contributed by atoms with Crippen molar-refractivity contribution in [2.45, 2.75) is 0 Å². The van der Waals surface area contributed by atoms with Crippen LogP contribution in [-0.4, -0.2) is 39.4 Å². The topological polar surface area (TPSA) is 126 Å². The van der Waals surface area contributed by atoms with Crippen molar-refractivity contribution in [2.75, 3.05) is 17.7 Å². The molecule has 1 aromatic carbocycles. The Hall–Kier alpha value is -3.23. The van der Waals surface area contributed by atoms with E-state index in [0.29, 0.717) is 5.69 Å². The molecule has 0 fully saturated rings. The lowest BCUT2D eigenvalue weighted by Gasteiger charge is -2.09. The van der Waals surface area contributed by atoms with Gasteiger partial charge in [0.25, 0.3) is 5.95 Å². The van der Waals surface area contributed by atoms with Gasteiger partial charge in [-0.05, 0) is 12.1 Å². The summed E-state index contributed by atoms with van der Waals surface area (Å²) in [5.74, 6) is -0.936. The van der Waals surface area contributed by atoms with Crippen molar-refractivity contribution in [2.24, 2.45) is 0 Å². The largest absolute Gasteiger partial charge is 0.496 e. The predicted molar refractivity (Wildman–Crippen MR) is 72.4 cm³/mol. The summed E-state index contributed by atoms with van der Waals surface area (Å²) in [5.41, 5.74) is 0.359. The van der Waals surface area contributed by atoms with Crippen LogP contribution in [0.1, 0.15) is 10.4 Å². The molecule has 9 nitrogen and oxygen atoms in total. The number of nitrogens with zero attached hydrogens (tertiary/aromatic N) is 3. The molecule has 0 bridgehead atoms. The van der Waals surface area contributed by atoms with E-state index >= 15 is 0 Å². The number of carboxylic acid groups (broad SMARTS) is 1. The van der Waals surface area contributed by atoms with Crippen LogP contribution in [0.3, 0.4) is 0 Å². The Morgan fingerprint density at radius 1 is 1.24 bits per heavy atom. The number of amides is 2. The van der Waals surface area contributed by atoms with Crippen molar-refractivity contribution in [3.8, 4) is 5.75 Å². The Bertz CT molecular complexity index is 662. The Morgan fingerprint density at radius 3 is 2.67 bits per heavy atom. The maximum absolute atomic E-state index is 11.7. The Labute approximate surface area is 119 Å². The highest BCUT2D eigenvalue weighted by Gasteiger charge is 2.12. The number of carbonyl (C=O) groups excluding carboxylic acids is 1. The van der Waals surface area contributed by atoms with E-state index < -0.39 is 12.0 Å². The molecule has 9 heteroatoms. The summed E-state index contributed by atoms with van der Waals surface area (Å²) in [6.45, 7) is 0. The SMILES string of the molecule is COc1cc(NC(=O)Nc2nccnn2)ccc1C(=O)O. The molecule has 0 aliphatic carbocycles. The normalized spacial score (nSPS) is 9.76. The number of urea groups is 1. The zero-order valence-electron chi connectivity index (χ0n) is 10.9. The van der Waals surface area contributed by atoms with Gasteiger partial charge in [0, 0.05) is 11.8 Å². The smallest absolute Gasteiger partial charge is 0.339 e. The lowest BCUT2D eigenvalue weighted by Crippen LogP contribution is -2.21. The standard InChI is InChI=1S/C12H11N5O4/c1-21-9-6-7(2-3-8(9)10(18)19)15-12(20)16-11-13-4-5-14-17-11/h2-6H,1H3,(H,18,19)(H2,13,15,16,17,20). The summed E-state index contributed by atoms with van der Waals surface area (Å²) in [5, 5.41) is 21.0. The van der Waals surface area contributed by atoms with Crippen molar-refractivity contribution in [1.29, 1.82) is 0 Å². The van der Waals surface area contributed by atoms with Gasteiger partial charge in [-0.25, -0.2) is 14.6 Å². The monoisotopic (exact) mass is 289 g/mol. The molecule has 0 atom stereocenters. The van der Waals surface area contributed by atoms with E-state index in [1.54, 1.807) is 0 Å². The minimum atomic E-state index is -1.12. The zero-order chi connectivity index (χ0) is 15.2. The third-order valence-corrected chi connectivity index (χ3v) is 2.40. The van der Waals surface area contributed by atoms with E-state index in [1.807, 2.05) is 0 Å². The minimum Gasteiger partial charge on any atom is -0.496 e. The molecule has 2 rings (SSSR count). The van der Waals surface area contributed by atoms with Crippen LogP contribution in [0.15, 0.2) is 30.6 Å². The fourth-order valence-corrected chi connectivity index (χ4v) is 1.51. The number of aromatic carboxylic acids is 1. The Morgan fingerprint density at radius 2 is 2.05 bits per heavy atom. The van der Waals surface area contributed by atoms with Crippen LogP contribution in [0.25, 0.3) is 0 Å². The number of methoxy groups -OCH3 is 1. The number of carboxylic acids is 1. The number of nitrogens with one attached hydrogen (secondary N) is 2. The second kappa shape index (κ2) is 6.28. The number of anilines is 2. The first kappa shape index (κ1) is 14.2. The van der Waals surface area contributed by atoms with Crippen LogP contribution in [0, 0.1) is 0 Å². The summed E-state index contributed by atoms with van der Waals surface area (Å²) < 4.78 is 4.96. The molecule has 108 valence electrons. The maximum atomic E-state index is 11.7. The van der Waals surface area contributed by atoms with Gasteiger partial charge in [-0.2, -0.15) is 5.10 Å². The van der Waals surface area contributed by atoms with Gasteiger partial charge in [-0.1, -0.05) is 0 Å². The average Bonchev–Trinajstić information content (AvgIpc) is 2.47. The van der Waals surface area contributed by atoms with Gasteiger partial charge in [0.2, 0.25) is 0 Å². The summed E-state index contributed by atoms with van der Waals surface area (Å²) in [6.07, 6.45) is 2.76. The van der Waals surface area contributed by atoms with Gasteiger partial charge in [0.05, 0.1) is 19.5 Å². The molecule has 0 spiro atoms. The molecule has 21 heavy (non-hydrogen) atoms. The van der Waals surface area contributed by atoms with Gasteiger partial charge < -0.3 is 15.2 Å². The number of hydrogen-bond acceptors (Lipinski definition) is 6. The highest BCUT2D eigenvalue weighted by atomic mass is 16.5. The van der Waals surface area contributed by atoms with E-state index in [-0.39, 0.29) is 17.3 Å². The highest BCUT2D eigenvalue weighted by molar-refractivity contribution is 5.99. The minimum absolute atomic E-state index is 0.000879. The van der Waals surface area contributed by atoms with Crippen LogP contribution < -0.4 is 15.4 Å². The summed E-state index contributed by atoms with van der Waals surface area (Å²) in [6, 6.07) is 3.58. The van der Waals surface area contributed by atoms with E-state index in [1.165, 1.54) is 37.7 Å². The number of carbonyl (C=O) groups is 2. The first-order chi connectivity index (χ1) is 10.1. The molecule has 0 aliphatic rings. The van der Waals surface area contributed by atoms with Crippen LogP contribution in [0.2, 0.25) is 0 Å². The average molecular weight is 289 g/mol. The quantitative estimate of drug-likeness (QED) is 0.772. The fraction of sp³-hybridized carbons (Fsp3) is 0.0833. The van der Waals surface area contributed by atoms with Crippen LogP contribution >= 0.6 is 0 Å². The van der Waals surface area contributed by atoms with Crippen LogP contribution in [-0.2, 0) is 0 Å². The zero-order valence-corrected chi connectivity index (χ0v) is 10.9. The second-order valence-electron chi connectivity index (χ2n) is 3.77. The number of benzene rings is 1. The van der Waals surface area contributed by atoms with Gasteiger partial charge in [0.1, 0.15) is 11.3 Å². The summed E-state index contributed by atoms with van der Waals surface area (Å²) >= 11 is 0. The molecule has 0 aliphatic heterocycles. The number of rotatable bonds is 4. The van der Waals surface area contributed by atoms with Crippen molar-refractivity contribution >= 4 is 23.6 Å². The molecule has 3 N–H and O–H groups in total. The fourth-order valence-electron chi connectivity index (χ4n) is 1.51. The number of aromatic nitrogens is 3. The molecule has 0 unspecified atom stereocenters. The van der Waals surface area contributed by atoms with Crippen LogP contribution in [0.5, 0.6) is 5.75 Å². The number of ether oxygens (including phenoxy) is 1. The predicted octanol–water partition coefficient (Wildman–Crippen LogP) is 1.22. The van der Waals surface area contributed by atoms with Gasteiger partial charge in [-0.3, -0.25) is 5.32 Å². The molecule has 2 amide bonds. The maximum Gasteiger partial charge on any atom is 0.339 e. The third-order valence-electron chi connectivity index (χ3n) is 2.40. The van der Waals surface area contributed by atoms with Crippen molar-refractivity contribution in [1.82, 2.24) is 15.2 Å². The molecule has 0 radical (unpaired) electrons. The van der Waals surface area contributed by atoms with E-state index in [4.69, 9.17) is 9.84 Å². The van der Waals surface area contributed by atoms with E-state index in [2.05, 4.69) is 25.8 Å². The second-order valence-corrected chi connectivity index (χ2v) is 3.77. The van der Waals surface area contributed by atoms with Crippen molar-refractivity contribution < 1.29 is 19.4 Å². The molecular formula is C12H11N5O4. The van der Waals surface area contributed by atoms with E-state index in [0.717, 1.165) is 0 Å². The first-order valence-corrected chi connectivity index (χ1v) is 5.73. The molecule has 1 aromatic heterocycles. The number of hydrogen-bond donors (Lipinski definition) is 3. The molecule has 2 aromatic rings. The van der Waals surface area contributed by atoms with Crippen molar-refractivity contribution in [3.63, 3.8) is 0 Å². The lowest BCUT2D eigenvalue weighted by molar-refractivity contribution is 0.0693. The van der Waals surface area contributed by atoms with Gasteiger partial charge in [0.15, 0.2) is 0 Å². The first-order valence-electron chi connectivity index (χ1n) is 5.73. The molecule has 0 saturated carbocycles.